The van der Waals surface area contributed by atoms with Gasteiger partial charge in [-0.2, -0.15) is 0 Å². The zero-order valence-electron chi connectivity index (χ0n) is 9.03. The second kappa shape index (κ2) is 4.94. The second-order valence-electron chi connectivity index (χ2n) is 3.53. The van der Waals surface area contributed by atoms with Crippen LogP contribution in [0.4, 0.5) is 4.39 Å². The summed E-state index contributed by atoms with van der Waals surface area (Å²) in [5.41, 5.74) is 6.40. The van der Waals surface area contributed by atoms with Crippen LogP contribution in [0.15, 0.2) is 30.9 Å². The first-order chi connectivity index (χ1) is 7.04. The molecule has 0 amide bonds. The Hall–Kier alpha value is -1.35. The molecule has 1 aromatic rings. The molecule has 3 heteroatoms. The third-order valence-corrected chi connectivity index (χ3v) is 2.11. The molecule has 2 unspecified atom stereocenters. The molecule has 0 aromatic heterocycles. The van der Waals surface area contributed by atoms with E-state index in [-0.39, 0.29) is 18.0 Å². The van der Waals surface area contributed by atoms with Crippen LogP contribution in [0.3, 0.4) is 0 Å². The summed E-state index contributed by atoms with van der Waals surface area (Å²) in [4.78, 5) is 0. The molecule has 0 radical (unpaired) electrons. The molecule has 0 fully saturated rings. The molecule has 0 spiro atoms. The molecule has 1 aromatic carbocycles. The molecule has 0 heterocycles. The van der Waals surface area contributed by atoms with Crippen molar-refractivity contribution in [2.24, 2.45) is 5.73 Å². The van der Waals surface area contributed by atoms with Gasteiger partial charge >= 0.3 is 0 Å². The predicted molar refractivity (Wildman–Crippen MR) is 59.3 cm³/mol. The lowest BCUT2D eigenvalue weighted by Gasteiger charge is -2.16. The Kier molecular flexibility index (Phi) is 3.86. The van der Waals surface area contributed by atoms with Gasteiger partial charge in [0, 0.05) is 11.6 Å². The summed E-state index contributed by atoms with van der Waals surface area (Å²) in [6.07, 6.45) is 1.56. The molecular formula is C12H16FNO. The predicted octanol–water partition coefficient (Wildman–Crippen LogP) is 2.80. The van der Waals surface area contributed by atoms with Gasteiger partial charge in [0.05, 0.1) is 0 Å². The van der Waals surface area contributed by atoms with Crippen molar-refractivity contribution in [3.05, 3.63) is 42.2 Å². The minimum atomic E-state index is -0.305. The van der Waals surface area contributed by atoms with Crippen LogP contribution in [0.25, 0.3) is 0 Å². The lowest BCUT2D eigenvalue weighted by Crippen LogP contribution is -2.13. The van der Waals surface area contributed by atoms with Crippen LogP contribution < -0.4 is 10.5 Å². The highest BCUT2D eigenvalue weighted by molar-refractivity contribution is 5.36. The van der Waals surface area contributed by atoms with Crippen molar-refractivity contribution in [1.82, 2.24) is 0 Å². The van der Waals surface area contributed by atoms with E-state index >= 15 is 0 Å². The molecule has 82 valence electrons. The summed E-state index contributed by atoms with van der Waals surface area (Å²) in [5, 5.41) is 0. The van der Waals surface area contributed by atoms with Crippen molar-refractivity contribution in [3.8, 4) is 5.75 Å². The first kappa shape index (κ1) is 11.7. The minimum Gasteiger partial charge on any atom is -0.486 e. The van der Waals surface area contributed by atoms with Crippen LogP contribution in [0.1, 0.15) is 25.5 Å². The van der Waals surface area contributed by atoms with E-state index in [4.69, 9.17) is 10.5 Å². The second-order valence-corrected chi connectivity index (χ2v) is 3.53. The normalized spacial score (nSPS) is 14.4. The summed E-state index contributed by atoms with van der Waals surface area (Å²) < 4.78 is 18.5. The lowest BCUT2D eigenvalue weighted by atomic mass is 10.1. The largest absolute Gasteiger partial charge is 0.486 e. The van der Waals surface area contributed by atoms with E-state index in [1.54, 1.807) is 19.1 Å². The van der Waals surface area contributed by atoms with E-state index in [1.165, 1.54) is 12.1 Å². The highest BCUT2D eigenvalue weighted by atomic mass is 19.1. The third kappa shape index (κ3) is 3.06. The van der Waals surface area contributed by atoms with Crippen LogP contribution in [0.2, 0.25) is 0 Å². The quantitative estimate of drug-likeness (QED) is 0.774. The maximum atomic E-state index is 13.0. The topological polar surface area (TPSA) is 35.2 Å². The van der Waals surface area contributed by atoms with Gasteiger partial charge in [0.15, 0.2) is 0 Å². The first-order valence-corrected chi connectivity index (χ1v) is 4.89. The summed E-state index contributed by atoms with van der Waals surface area (Å²) in [6.45, 7) is 7.27. The van der Waals surface area contributed by atoms with Crippen molar-refractivity contribution in [1.29, 1.82) is 0 Å². The fraction of sp³-hybridized carbons (Fsp3) is 0.333. The van der Waals surface area contributed by atoms with Crippen molar-refractivity contribution in [2.75, 3.05) is 0 Å². The lowest BCUT2D eigenvalue weighted by molar-refractivity contribution is 0.266. The molecule has 1 rings (SSSR count). The van der Waals surface area contributed by atoms with Crippen molar-refractivity contribution >= 4 is 0 Å². The standard InChI is InChI=1S/C12H16FNO/c1-4-8(2)15-12-6-5-10(13)7-11(12)9(3)14/h4-9H,1,14H2,2-3H3. The number of benzene rings is 1. The Morgan fingerprint density at radius 2 is 2.13 bits per heavy atom. The third-order valence-electron chi connectivity index (χ3n) is 2.11. The van der Waals surface area contributed by atoms with Gasteiger partial charge in [-0.3, -0.25) is 0 Å². The Morgan fingerprint density at radius 3 is 2.67 bits per heavy atom. The van der Waals surface area contributed by atoms with Crippen molar-refractivity contribution < 1.29 is 9.13 Å². The molecule has 0 aliphatic carbocycles. The Balaban J connectivity index is 3.00. The van der Waals surface area contributed by atoms with E-state index in [1.807, 2.05) is 6.92 Å². The van der Waals surface area contributed by atoms with Gasteiger partial charge in [-0.05, 0) is 32.0 Å². The van der Waals surface area contributed by atoms with E-state index in [0.29, 0.717) is 11.3 Å². The maximum absolute atomic E-state index is 13.0. The van der Waals surface area contributed by atoms with E-state index in [0.717, 1.165) is 0 Å². The number of hydrogen-bond acceptors (Lipinski definition) is 2. The smallest absolute Gasteiger partial charge is 0.125 e. The SMILES string of the molecule is C=CC(C)Oc1ccc(F)cc1C(C)N. The van der Waals surface area contributed by atoms with Gasteiger partial charge in [0.2, 0.25) is 0 Å². The zero-order valence-corrected chi connectivity index (χ0v) is 9.03. The van der Waals surface area contributed by atoms with Crippen LogP contribution in [0.5, 0.6) is 5.75 Å². The van der Waals surface area contributed by atoms with Gasteiger partial charge in [0.1, 0.15) is 17.7 Å². The molecule has 2 N–H and O–H groups in total. The molecule has 0 aliphatic rings. The van der Waals surface area contributed by atoms with E-state index in [2.05, 4.69) is 6.58 Å². The number of halogens is 1. The van der Waals surface area contributed by atoms with E-state index < -0.39 is 0 Å². The molecule has 2 atom stereocenters. The van der Waals surface area contributed by atoms with Gasteiger partial charge in [0.25, 0.3) is 0 Å². The number of rotatable bonds is 4. The maximum Gasteiger partial charge on any atom is 0.125 e. The van der Waals surface area contributed by atoms with Gasteiger partial charge in [-0.1, -0.05) is 12.7 Å². The number of hydrogen-bond donors (Lipinski definition) is 1. The minimum absolute atomic E-state index is 0.118. The molecule has 0 aliphatic heterocycles. The van der Waals surface area contributed by atoms with Crippen LogP contribution in [0, 0.1) is 5.82 Å². The van der Waals surface area contributed by atoms with Gasteiger partial charge in [-0.15, -0.1) is 0 Å². The summed E-state index contributed by atoms with van der Waals surface area (Å²) in [5.74, 6) is 0.305. The fourth-order valence-electron chi connectivity index (χ4n) is 1.23. The molecule has 2 nitrogen and oxygen atoms in total. The molecule has 15 heavy (non-hydrogen) atoms. The van der Waals surface area contributed by atoms with Gasteiger partial charge in [-0.25, -0.2) is 4.39 Å². The monoisotopic (exact) mass is 209 g/mol. The highest BCUT2D eigenvalue weighted by Gasteiger charge is 2.10. The average Bonchev–Trinajstić information content (AvgIpc) is 2.20. The molecule has 0 saturated heterocycles. The van der Waals surface area contributed by atoms with Crippen LogP contribution in [-0.4, -0.2) is 6.10 Å². The Bertz CT molecular complexity index is 349. The average molecular weight is 209 g/mol. The van der Waals surface area contributed by atoms with Gasteiger partial charge < -0.3 is 10.5 Å². The van der Waals surface area contributed by atoms with E-state index in [9.17, 15) is 4.39 Å². The Morgan fingerprint density at radius 1 is 1.47 bits per heavy atom. The summed E-state index contributed by atoms with van der Waals surface area (Å²) >= 11 is 0. The summed E-state index contributed by atoms with van der Waals surface area (Å²) in [7, 11) is 0. The number of ether oxygens (including phenoxy) is 1. The Labute approximate surface area is 89.6 Å². The highest BCUT2D eigenvalue weighted by Crippen LogP contribution is 2.25. The van der Waals surface area contributed by atoms with Crippen LogP contribution >= 0.6 is 0 Å². The van der Waals surface area contributed by atoms with Crippen molar-refractivity contribution in [3.63, 3.8) is 0 Å². The number of nitrogens with two attached hydrogens (primary N) is 1. The van der Waals surface area contributed by atoms with Crippen LogP contribution in [-0.2, 0) is 0 Å². The molecule has 0 saturated carbocycles. The molecular weight excluding hydrogens is 193 g/mol. The van der Waals surface area contributed by atoms with Crippen molar-refractivity contribution in [2.45, 2.75) is 26.0 Å². The fourth-order valence-corrected chi connectivity index (χ4v) is 1.23. The summed E-state index contributed by atoms with van der Waals surface area (Å²) in [6, 6.07) is 4.09. The first-order valence-electron chi connectivity index (χ1n) is 4.89. The molecule has 0 bridgehead atoms. The zero-order chi connectivity index (χ0) is 11.4.